The molecule has 0 saturated heterocycles. The number of nitrogens with one attached hydrogen (secondary N) is 1. The molecule has 2 rings (SSSR count). The van der Waals surface area contributed by atoms with Crippen LogP contribution in [0, 0.1) is 15.9 Å². The summed E-state index contributed by atoms with van der Waals surface area (Å²) < 4.78 is 6.47. The molecule has 0 aliphatic rings. The number of carbonyl (C=O) groups excluding carboxylic acids is 1. The van der Waals surface area contributed by atoms with Gasteiger partial charge in [0, 0.05) is 14.7 Å². The highest BCUT2D eigenvalue weighted by molar-refractivity contribution is 14.1. The van der Waals surface area contributed by atoms with Crippen LogP contribution in [0.25, 0.3) is 0 Å². The zero-order valence-corrected chi connectivity index (χ0v) is 13.8. The van der Waals surface area contributed by atoms with Gasteiger partial charge in [0.15, 0.2) is 0 Å². The number of amides is 1. The number of hydrogen-bond donors (Lipinski definition) is 1. The third-order valence-corrected chi connectivity index (χ3v) is 3.43. The molecule has 0 saturated carbocycles. The van der Waals surface area contributed by atoms with E-state index < -0.39 is 0 Å². The largest absolute Gasteiger partial charge is 0.480 e. The molecule has 110 valence electrons. The summed E-state index contributed by atoms with van der Waals surface area (Å²) in [5, 5.41) is 3.95. The zero-order chi connectivity index (χ0) is 15.8. The molecule has 0 aromatic heterocycles. The van der Waals surface area contributed by atoms with E-state index in [9.17, 15) is 4.79 Å². The van der Waals surface area contributed by atoms with Crippen LogP contribution in [0.4, 0.5) is 0 Å². The lowest BCUT2D eigenvalue weighted by molar-refractivity contribution is 0.0955. The molecule has 1 N–H and O–H groups in total. The van der Waals surface area contributed by atoms with Crippen molar-refractivity contribution in [1.29, 1.82) is 0 Å². The molecule has 5 heteroatoms. The summed E-state index contributed by atoms with van der Waals surface area (Å²) in [7, 11) is 0. The Bertz CT molecular complexity index is 718. The van der Waals surface area contributed by atoms with Gasteiger partial charge >= 0.3 is 0 Å². The Balaban J connectivity index is 2.02. The van der Waals surface area contributed by atoms with E-state index in [1.165, 1.54) is 6.21 Å². The smallest absolute Gasteiger partial charge is 0.271 e. The third-order valence-electron chi connectivity index (χ3n) is 2.71. The second-order valence-corrected chi connectivity index (χ2v) is 5.48. The number of nitrogens with zero attached hydrogens (tertiary/aromatic N) is 1. The first-order chi connectivity index (χ1) is 10.7. The first-order valence-electron chi connectivity index (χ1n) is 6.45. The van der Waals surface area contributed by atoms with Crippen molar-refractivity contribution < 1.29 is 9.53 Å². The van der Waals surface area contributed by atoms with Crippen molar-refractivity contribution in [2.24, 2.45) is 5.10 Å². The van der Waals surface area contributed by atoms with Gasteiger partial charge in [0.2, 0.25) is 0 Å². The van der Waals surface area contributed by atoms with Gasteiger partial charge in [-0.05, 0) is 59.0 Å². The minimum Gasteiger partial charge on any atom is -0.480 e. The van der Waals surface area contributed by atoms with Crippen LogP contribution in [-0.2, 0) is 0 Å². The van der Waals surface area contributed by atoms with Gasteiger partial charge in [0.25, 0.3) is 5.91 Å². The molecule has 0 fully saturated rings. The average molecular weight is 404 g/mol. The first kappa shape index (κ1) is 16.0. The lowest BCUT2D eigenvalue weighted by atomic mass is 10.2. The van der Waals surface area contributed by atoms with E-state index in [0.717, 1.165) is 9.13 Å². The van der Waals surface area contributed by atoms with E-state index in [4.69, 9.17) is 11.2 Å². The lowest BCUT2D eigenvalue weighted by Crippen LogP contribution is -2.17. The van der Waals surface area contributed by atoms with E-state index in [1.54, 1.807) is 18.2 Å². The molecule has 2 aromatic rings. The number of para-hydroxylation sites is 1. The zero-order valence-electron chi connectivity index (χ0n) is 11.6. The van der Waals surface area contributed by atoms with E-state index in [2.05, 4.69) is 39.0 Å². The molecule has 22 heavy (non-hydrogen) atoms. The molecule has 0 heterocycles. The molecule has 4 nitrogen and oxygen atoms in total. The van der Waals surface area contributed by atoms with Gasteiger partial charge in [-0.3, -0.25) is 4.79 Å². The van der Waals surface area contributed by atoms with Crippen LogP contribution in [0.15, 0.2) is 53.6 Å². The molecular weight excluding hydrogens is 391 g/mol. The molecule has 2 aromatic carbocycles. The van der Waals surface area contributed by atoms with Crippen LogP contribution >= 0.6 is 22.6 Å². The summed E-state index contributed by atoms with van der Waals surface area (Å²) in [6, 6.07) is 14.5. The van der Waals surface area contributed by atoms with Crippen LogP contribution in [0.1, 0.15) is 15.9 Å². The number of hydrazone groups is 1. The average Bonchev–Trinajstić information content (AvgIpc) is 2.54. The highest BCUT2D eigenvalue weighted by Gasteiger charge is 2.04. The van der Waals surface area contributed by atoms with Crippen molar-refractivity contribution in [3.63, 3.8) is 0 Å². The van der Waals surface area contributed by atoms with Crippen molar-refractivity contribution in [1.82, 2.24) is 5.43 Å². The van der Waals surface area contributed by atoms with Gasteiger partial charge in [-0.2, -0.15) is 5.10 Å². The normalized spacial score (nSPS) is 10.2. The highest BCUT2D eigenvalue weighted by Crippen LogP contribution is 2.15. The molecule has 0 unspecified atom stereocenters. The van der Waals surface area contributed by atoms with E-state index >= 15 is 0 Å². The highest BCUT2D eigenvalue weighted by atomic mass is 127. The van der Waals surface area contributed by atoms with Gasteiger partial charge < -0.3 is 4.74 Å². The van der Waals surface area contributed by atoms with Gasteiger partial charge in [0.1, 0.15) is 12.4 Å². The van der Waals surface area contributed by atoms with Crippen LogP contribution in [-0.4, -0.2) is 18.7 Å². The summed E-state index contributed by atoms with van der Waals surface area (Å²) in [5.41, 5.74) is 3.77. The minimum absolute atomic E-state index is 0.180. The molecule has 0 atom stereocenters. The van der Waals surface area contributed by atoms with Gasteiger partial charge in [-0.15, -0.1) is 6.42 Å². The van der Waals surface area contributed by atoms with Crippen molar-refractivity contribution >= 4 is 34.7 Å². The predicted octanol–water partition coefficient (Wildman–Crippen LogP) is 3.07. The maximum Gasteiger partial charge on any atom is 0.271 e. The minimum atomic E-state index is -0.269. The van der Waals surface area contributed by atoms with Gasteiger partial charge in [0.05, 0.1) is 6.21 Å². The number of benzene rings is 2. The number of hydrogen-bond acceptors (Lipinski definition) is 3. The molecule has 0 spiro atoms. The molecule has 0 bridgehead atoms. The van der Waals surface area contributed by atoms with Crippen molar-refractivity contribution in [2.45, 2.75) is 0 Å². The lowest BCUT2D eigenvalue weighted by Gasteiger charge is -2.05. The summed E-state index contributed by atoms with van der Waals surface area (Å²) in [5.74, 6) is 2.76. The van der Waals surface area contributed by atoms with Crippen molar-refractivity contribution in [3.05, 3.63) is 63.2 Å². The van der Waals surface area contributed by atoms with Gasteiger partial charge in [-0.25, -0.2) is 5.43 Å². The molecule has 0 aliphatic carbocycles. The summed E-state index contributed by atoms with van der Waals surface area (Å²) >= 11 is 2.18. The van der Waals surface area contributed by atoms with E-state index in [1.807, 2.05) is 30.3 Å². The fraction of sp³-hybridized carbons (Fsp3) is 0.0588. The Kier molecular flexibility index (Phi) is 5.98. The molecule has 1 amide bonds. The number of carbonyl (C=O) groups is 1. The standard InChI is InChI=1S/C17H13IN2O2/c1-2-11-22-16-6-4-3-5-14(16)12-19-20-17(21)13-7-9-15(18)10-8-13/h1,3-10,12H,11H2,(H,20,21)/b19-12-. The van der Waals surface area contributed by atoms with Crippen LogP contribution in [0.2, 0.25) is 0 Å². The summed E-state index contributed by atoms with van der Waals surface area (Å²) in [6.45, 7) is 0.180. The molecule has 0 radical (unpaired) electrons. The van der Waals surface area contributed by atoms with Crippen molar-refractivity contribution in [2.75, 3.05) is 6.61 Å². The Labute approximate surface area is 142 Å². The van der Waals surface area contributed by atoms with Crippen molar-refractivity contribution in [3.8, 4) is 18.1 Å². The Morgan fingerprint density at radius 1 is 1.27 bits per heavy atom. The van der Waals surface area contributed by atoms with Crippen LogP contribution in [0.3, 0.4) is 0 Å². The molecular formula is C17H13IN2O2. The SMILES string of the molecule is C#CCOc1ccccc1/C=N\NC(=O)c1ccc(I)cc1. The topological polar surface area (TPSA) is 50.7 Å². The number of rotatable bonds is 5. The Morgan fingerprint density at radius 2 is 2.00 bits per heavy atom. The number of ether oxygens (including phenoxy) is 1. The maximum atomic E-state index is 11.9. The predicted molar refractivity (Wildman–Crippen MR) is 95.0 cm³/mol. The monoisotopic (exact) mass is 404 g/mol. The second-order valence-electron chi connectivity index (χ2n) is 4.24. The second kappa shape index (κ2) is 8.20. The quantitative estimate of drug-likeness (QED) is 0.361. The summed E-state index contributed by atoms with van der Waals surface area (Å²) in [6.07, 6.45) is 6.70. The summed E-state index contributed by atoms with van der Waals surface area (Å²) in [4.78, 5) is 11.9. The number of halogens is 1. The van der Waals surface area contributed by atoms with Gasteiger partial charge in [-0.1, -0.05) is 18.1 Å². The van der Waals surface area contributed by atoms with E-state index in [-0.39, 0.29) is 12.5 Å². The van der Waals surface area contributed by atoms with E-state index in [0.29, 0.717) is 11.3 Å². The third kappa shape index (κ3) is 4.60. The Hall–Kier alpha value is -2.33. The first-order valence-corrected chi connectivity index (χ1v) is 7.53. The maximum absolute atomic E-state index is 11.9. The Morgan fingerprint density at radius 3 is 2.73 bits per heavy atom. The fourth-order valence-corrected chi connectivity index (χ4v) is 2.02. The molecule has 0 aliphatic heterocycles. The fourth-order valence-electron chi connectivity index (χ4n) is 1.66. The number of terminal acetylenes is 1. The van der Waals surface area contributed by atoms with Crippen LogP contribution in [0.5, 0.6) is 5.75 Å². The van der Waals surface area contributed by atoms with Crippen LogP contribution < -0.4 is 10.2 Å².